The molecule has 26 heavy (non-hydrogen) atoms. The number of methoxy groups -OCH3 is 1. The highest BCUT2D eigenvalue weighted by atomic mass is 32.2. The molecule has 0 aliphatic rings. The van der Waals surface area contributed by atoms with Gasteiger partial charge in [-0.25, -0.2) is 8.42 Å². The Morgan fingerprint density at radius 2 is 1.73 bits per heavy atom. The van der Waals surface area contributed by atoms with Crippen LogP contribution in [-0.4, -0.2) is 40.8 Å². The molecular formula is C19H24N2O4S. The Labute approximate surface area is 154 Å². The number of nitrogens with one attached hydrogen (secondary N) is 1. The van der Waals surface area contributed by atoms with Crippen molar-refractivity contribution in [1.29, 1.82) is 0 Å². The summed E-state index contributed by atoms with van der Waals surface area (Å²) in [5.41, 5.74) is 1.89. The lowest BCUT2D eigenvalue weighted by Gasteiger charge is -2.22. The first-order valence-corrected chi connectivity index (χ1v) is 10.2. The van der Waals surface area contributed by atoms with Crippen LogP contribution in [0.3, 0.4) is 0 Å². The van der Waals surface area contributed by atoms with E-state index in [1.807, 2.05) is 30.3 Å². The number of rotatable bonds is 9. The highest BCUT2D eigenvalue weighted by Crippen LogP contribution is 2.21. The van der Waals surface area contributed by atoms with Gasteiger partial charge in [0.15, 0.2) is 0 Å². The molecule has 0 saturated carbocycles. The third-order valence-electron chi connectivity index (χ3n) is 3.80. The minimum atomic E-state index is -3.45. The third-order valence-corrected chi connectivity index (χ3v) is 4.94. The zero-order valence-electron chi connectivity index (χ0n) is 15.0. The molecule has 0 fully saturated rings. The van der Waals surface area contributed by atoms with Crippen molar-refractivity contribution in [3.63, 3.8) is 0 Å². The van der Waals surface area contributed by atoms with E-state index >= 15 is 0 Å². The minimum Gasteiger partial charge on any atom is -0.385 e. The van der Waals surface area contributed by atoms with Gasteiger partial charge in [-0.1, -0.05) is 30.3 Å². The maximum atomic E-state index is 12.2. The topological polar surface area (TPSA) is 75.7 Å². The van der Waals surface area contributed by atoms with Crippen molar-refractivity contribution < 1.29 is 17.9 Å². The van der Waals surface area contributed by atoms with Crippen LogP contribution in [0.25, 0.3) is 0 Å². The summed E-state index contributed by atoms with van der Waals surface area (Å²) in [6.45, 7) is 1.35. The number of sulfonamides is 1. The first-order valence-electron chi connectivity index (χ1n) is 8.30. The number of hydrogen-bond donors (Lipinski definition) is 1. The van der Waals surface area contributed by atoms with Gasteiger partial charge in [0, 0.05) is 25.8 Å². The lowest BCUT2D eigenvalue weighted by atomic mass is 10.1. The Morgan fingerprint density at radius 1 is 1.08 bits per heavy atom. The second kappa shape index (κ2) is 9.35. The van der Waals surface area contributed by atoms with Gasteiger partial charge >= 0.3 is 0 Å². The Balaban J connectivity index is 2.11. The zero-order valence-corrected chi connectivity index (χ0v) is 15.8. The van der Waals surface area contributed by atoms with Crippen molar-refractivity contribution in [2.45, 2.75) is 13.0 Å². The van der Waals surface area contributed by atoms with Crippen LogP contribution in [0.15, 0.2) is 54.6 Å². The smallest absolute Gasteiger partial charge is 0.251 e. The zero-order chi connectivity index (χ0) is 19.0. The van der Waals surface area contributed by atoms with Gasteiger partial charge in [0.1, 0.15) is 0 Å². The second-order valence-electron chi connectivity index (χ2n) is 5.90. The molecule has 1 N–H and O–H groups in total. The van der Waals surface area contributed by atoms with Crippen LogP contribution in [0.4, 0.5) is 5.69 Å². The molecule has 0 aromatic heterocycles. The number of nitrogens with zero attached hydrogens (tertiary/aromatic N) is 1. The summed E-state index contributed by atoms with van der Waals surface area (Å²) in [5.74, 6) is -0.193. The normalized spacial score (nSPS) is 11.2. The molecule has 0 aliphatic carbocycles. The highest BCUT2D eigenvalue weighted by molar-refractivity contribution is 7.92. The van der Waals surface area contributed by atoms with Crippen molar-refractivity contribution in [2.24, 2.45) is 0 Å². The quantitative estimate of drug-likeness (QED) is 0.682. The molecule has 0 unspecified atom stereocenters. The predicted octanol–water partition coefficient (Wildman–Crippen LogP) is 2.42. The summed E-state index contributed by atoms with van der Waals surface area (Å²) in [4.78, 5) is 12.1. The van der Waals surface area contributed by atoms with E-state index < -0.39 is 10.0 Å². The lowest BCUT2D eigenvalue weighted by Crippen LogP contribution is -2.29. The van der Waals surface area contributed by atoms with Crippen molar-refractivity contribution in [3.8, 4) is 0 Å². The standard InChI is InChI=1S/C19H24N2O4S/c1-25-14-6-13-20-19(22)17-9-11-18(12-10-17)21(26(2,23)24)15-16-7-4-3-5-8-16/h3-5,7-12H,6,13-15H2,1-2H3,(H,20,22). The summed E-state index contributed by atoms with van der Waals surface area (Å²) in [7, 11) is -1.84. The second-order valence-corrected chi connectivity index (χ2v) is 7.81. The maximum Gasteiger partial charge on any atom is 0.251 e. The average molecular weight is 376 g/mol. The molecule has 0 radical (unpaired) electrons. The molecule has 0 heterocycles. The van der Waals surface area contributed by atoms with Gasteiger partial charge in [-0.3, -0.25) is 9.10 Å². The van der Waals surface area contributed by atoms with E-state index in [1.54, 1.807) is 31.4 Å². The fraction of sp³-hybridized carbons (Fsp3) is 0.316. The van der Waals surface area contributed by atoms with E-state index in [1.165, 1.54) is 10.6 Å². The predicted molar refractivity (Wildman–Crippen MR) is 103 cm³/mol. The molecule has 2 rings (SSSR count). The first-order chi connectivity index (χ1) is 12.4. The van der Waals surface area contributed by atoms with Crippen LogP contribution < -0.4 is 9.62 Å². The SMILES string of the molecule is COCCCNC(=O)c1ccc(N(Cc2ccccc2)S(C)(=O)=O)cc1. The average Bonchev–Trinajstić information content (AvgIpc) is 2.63. The first kappa shape index (κ1) is 19.9. The number of anilines is 1. The molecule has 0 atom stereocenters. The fourth-order valence-electron chi connectivity index (χ4n) is 2.45. The van der Waals surface area contributed by atoms with Crippen LogP contribution in [0.2, 0.25) is 0 Å². The van der Waals surface area contributed by atoms with E-state index in [4.69, 9.17) is 4.74 Å². The Bertz CT molecular complexity index is 805. The van der Waals surface area contributed by atoms with E-state index in [9.17, 15) is 13.2 Å². The molecular weight excluding hydrogens is 352 g/mol. The summed E-state index contributed by atoms with van der Waals surface area (Å²) < 4.78 is 30.6. The summed E-state index contributed by atoms with van der Waals surface area (Å²) in [6.07, 6.45) is 1.91. The molecule has 2 aromatic rings. The van der Waals surface area contributed by atoms with E-state index in [0.717, 1.165) is 12.0 Å². The van der Waals surface area contributed by atoms with Crippen molar-refractivity contribution in [3.05, 3.63) is 65.7 Å². The number of amides is 1. The molecule has 7 heteroatoms. The van der Waals surface area contributed by atoms with Gasteiger partial charge in [0.2, 0.25) is 10.0 Å². The van der Waals surface area contributed by atoms with Crippen LogP contribution >= 0.6 is 0 Å². The van der Waals surface area contributed by atoms with Crippen LogP contribution in [0.1, 0.15) is 22.3 Å². The third kappa shape index (κ3) is 5.86. The minimum absolute atomic E-state index is 0.193. The molecule has 2 aromatic carbocycles. The van der Waals surface area contributed by atoms with Gasteiger partial charge in [0.25, 0.3) is 5.91 Å². The van der Waals surface area contributed by atoms with Gasteiger partial charge in [-0.2, -0.15) is 0 Å². The maximum absolute atomic E-state index is 12.2. The number of carbonyl (C=O) groups excluding carboxylic acids is 1. The number of carbonyl (C=O) groups is 1. The number of benzene rings is 2. The number of ether oxygens (including phenoxy) is 1. The van der Waals surface area contributed by atoms with Crippen molar-refractivity contribution >= 4 is 21.6 Å². The lowest BCUT2D eigenvalue weighted by molar-refractivity contribution is 0.0948. The van der Waals surface area contributed by atoms with Gasteiger partial charge in [0.05, 0.1) is 18.5 Å². The summed E-state index contributed by atoms with van der Waals surface area (Å²) in [5, 5.41) is 2.80. The van der Waals surface area contributed by atoms with Crippen LogP contribution in [0.5, 0.6) is 0 Å². The molecule has 6 nitrogen and oxygen atoms in total. The molecule has 0 spiro atoms. The summed E-state index contributed by atoms with van der Waals surface area (Å²) in [6, 6.07) is 15.9. The molecule has 0 bridgehead atoms. The molecule has 0 saturated heterocycles. The monoisotopic (exact) mass is 376 g/mol. The largest absolute Gasteiger partial charge is 0.385 e. The van der Waals surface area contributed by atoms with Crippen LogP contribution in [0, 0.1) is 0 Å². The number of hydrogen-bond acceptors (Lipinski definition) is 4. The Hall–Kier alpha value is -2.38. The Morgan fingerprint density at radius 3 is 2.31 bits per heavy atom. The highest BCUT2D eigenvalue weighted by Gasteiger charge is 2.18. The fourth-order valence-corrected chi connectivity index (χ4v) is 3.34. The van der Waals surface area contributed by atoms with E-state index in [2.05, 4.69) is 5.32 Å². The Kier molecular flexibility index (Phi) is 7.17. The van der Waals surface area contributed by atoms with Crippen LogP contribution in [-0.2, 0) is 21.3 Å². The van der Waals surface area contributed by atoms with Crippen molar-refractivity contribution in [2.75, 3.05) is 30.8 Å². The van der Waals surface area contributed by atoms with Gasteiger partial charge < -0.3 is 10.1 Å². The van der Waals surface area contributed by atoms with Crippen molar-refractivity contribution in [1.82, 2.24) is 5.32 Å². The van der Waals surface area contributed by atoms with E-state index in [0.29, 0.717) is 24.4 Å². The van der Waals surface area contributed by atoms with E-state index in [-0.39, 0.29) is 12.5 Å². The molecule has 140 valence electrons. The summed E-state index contributed by atoms with van der Waals surface area (Å²) >= 11 is 0. The van der Waals surface area contributed by atoms with Gasteiger partial charge in [-0.05, 0) is 36.2 Å². The molecule has 0 aliphatic heterocycles. The molecule has 1 amide bonds. The van der Waals surface area contributed by atoms with Gasteiger partial charge in [-0.15, -0.1) is 0 Å².